The van der Waals surface area contributed by atoms with Gasteiger partial charge in [0.25, 0.3) is 0 Å². The molecule has 152 valence electrons. The minimum atomic E-state index is -0.225. The van der Waals surface area contributed by atoms with Crippen molar-refractivity contribution in [1.82, 2.24) is 9.97 Å². The van der Waals surface area contributed by atoms with Gasteiger partial charge in [-0.15, -0.1) is 0 Å². The average molecular weight is 402 g/mol. The maximum atomic E-state index is 12.9. The highest BCUT2D eigenvalue weighted by molar-refractivity contribution is 6.10. The van der Waals surface area contributed by atoms with Gasteiger partial charge in [0.05, 0.1) is 12.7 Å². The van der Waals surface area contributed by atoms with Gasteiger partial charge in [0.2, 0.25) is 5.78 Å². The maximum absolute atomic E-state index is 12.9. The van der Waals surface area contributed by atoms with E-state index in [1.807, 2.05) is 24.3 Å². The monoisotopic (exact) mass is 402 g/mol. The molecule has 7 heteroatoms. The Morgan fingerprint density at radius 1 is 1.23 bits per heavy atom. The Kier molecular flexibility index (Phi) is 4.50. The second-order valence-corrected chi connectivity index (χ2v) is 7.55. The minimum absolute atomic E-state index is 0.156. The van der Waals surface area contributed by atoms with Gasteiger partial charge in [-0.05, 0) is 42.5 Å². The number of aromatic nitrogens is 2. The van der Waals surface area contributed by atoms with Gasteiger partial charge in [0.1, 0.15) is 34.9 Å². The van der Waals surface area contributed by atoms with Crippen LogP contribution in [0.15, 0.2) is 54.7 Å². The zero-order valence-electron chi connectivity index (χ0n) is 16.6. The third-order valence-corrected chi connectivity index (χ3v) is 5.82. The zero-order chi connectivity index (χ0) is 20.7. The summed E-state index contributed by atoms with van der Waals surface area (Å²) < 4.78 is 11.5. The molecule has 0 saturated carbocycles. The molecule has 1 fully saturated rings. The van der Waals surface area contributed by atoms with Crippen molar-refractivity contribution in [3.8, 4) is 11.5 Å². The van der Waals surface area contributed by atoms with Gasteiger partial charge < -0.3 is 20.1 Å². The SMILES string of the molecule is COc1ccc2c(c1)C1CN(c3cccc(C(=O)c4cccnc4N)n3)CCC1O2. The smallest absolute Gasteiger partial charge is 0.215 e. The summed E-state index contributed by atoms with van der Waals surface area (Å²) in [6.45, 7) is 1.58. The molecule has 2 N–H and O–H groups in total. The summed E-state index contributed by atoms with van der Waals surface area (Å²) in [4.78, 5) is 23.7. The lowest BCUT2D eigenvalue weighted by Gasteiger charge is -2.35. The van der Waals surface area contributed by atoms with Crippen LogP contribution < -0.4 is 20.1 Å². The number of nitrogen functional groups attached to an aromatic ring is 1. The number of hydrogen-bond donors (Lipinski definition) is 1. The standard InChI is InChI=1S/C23H22N4O3/c1-29-14-7-8-19-16(12-14)17-13-27(11-9-20(17)30-19)21-6-2-5-18(26-21)22(28)15-4-3-10-25-23(15)24/h2-8,10,12,17,20H,9,11,13H2,1H3,(H2,24,25). The Hall–Kier alpha value is -3.61. The van der Waals surface area contributed by atoms with Crippen molar-refractivity contribution in [1.29, 1.82) is 0 Å². The number of benzene rings is 1. The summed E-state index contributed by atoms with van der Waals surface area (Å²) in [5.41, 5.74) is 7.77. The van der Waals surface area contributed by atoms with Crippen molar-refractivity contribution in [3.63, 3.8) is 0 Å². The average Bonchev–Trinajstić information content (AvgIpc) is 3.16. The van der Waals surface area contributed by atoms with Crippen molar-refractivity contribution in [2.45, 2.75) is 18.4 Å². The van der Waals surface area contributed by atoms with Crippen LogP contribution in [0.3, 0.4) is 0 Å². The molecular formula is C23H22N4O3. The number of carbonyl (C=O) groups excluding carboxylic acids is 1. The van der Waals surface area contributed by atoms with Crippen LogP contribution >= 0.6 is 0 Å². The van der Waals surface area contributed by atoms with Crippen LogP contribution in [0.2, 0.25) is 0 Å². The summed E-state index contributed by atoms with van der Waals surface area (Å²) in [6.07, 6.45) is 2.61. The highest BCUT2D eigenvalue weighted by Crippen LogP contribution is 2.44. The van der Waals surface area contributed by atoms with E-state index in [1.54, 1.807) is 31.5 Å². The Bertz CT molecular complexity index is 1120. The number of carbonyl (C=O) groups is 1. The van der Waals surface area contributed by atoms with Crippen LogP contribution in [0, 0.1) is 0 Å². The molecule has 0 aliphatic carbocycles. The van der Waals surface area contributed by atoms with E-state index in [4.69, 9.17) is 15.2 Å². The Balaban J connectivity index is 1.41. The molecule has 2 unspecified atom stereocenters. The number of ketones is 1. The second kappa shape index (κ2) is 7.33. The Morgan fingerprint density at radius 3 is 2.97 bits per heavy atom. The van der Waals surface area contributed by atoms with Crippen molar-refractivity contribution in [2.75, 3.05) is 30.8 Å². The highest BCUT2D eigenvalue weighted by atomic mass is 16.5. The fourth-order valence-corrected chi connectivity index (χ4v) is 4.27. The number of methoxy groups -OCH3 is 1. The molecule has 0 radical (unpaired) electrons. The van der Waals surface area contributed by atoms with E-state index in [9.17, 15) is 4.79 Å². The van der Waals surface area contributed by atoms with Crippen LogP contribution in [-0.4, -0.2) is 42.1 Å². The number of anilines is 2. The van der Waals surface area contributed by atoms with Gasteiger partial charge in [-0.1, -0.05) is 6.07 Å². The first kappa shape index (κ1) is 18.4. The first-order valence-electron chi connectivity index (χ1n) is 9.96. The second-order valence-electron chi connectivity index (χ2n) is 7.55. The molecule has 0 spiro atoms. The van der Waals surface area contributed by atoms with E-state index in [1.165, 1.54) is 5.56 Å². The van der Waals surface area contributed by atoms with Gasteiger partial charge in [-0.2, -0.15) is 0 Å². The largest absolute Gasteiger partial charge is 0.497 e. The number of piperidine rings is 1. The number of ether oxygens (including phenoxy) is 2. The van der Waals surface area contributed by atoms with Crippen LogP contribution in [0.25, 0.3) is 0 Å². The van der Waals surface area contributed by atoms with E-state index in [0.717, 1.165) is 36.8 Å². The van der Waals surface area contributed by atoms with Crippen molar-refractivity contribution < 1.29 is 14.3 Å². The third-order valence-electron chi connectivity index (χ3n) is 5.82. The predicted octanol–water partition coefficient (Wildman–Crippen LogP) is 3.05. The number of rotatable bonds is 4. The lowest BCUT2D eigenvalue weighted by molar-refractivity contribution is 0.103. The molecule has 2 aliphatic rings. The number of nitrogens with two attached hydrogens (primary N) is 1. The molecule has 2 atom stereocenters. The third kappa shape index (κ3) is 3.12. The fourth-order valence-electron chi connectivity index (χ4n) is 4.27. The maximum Gasteiger partial charge on any atom is 0.215 e. The molecule has 1 saturated heterocycles. The van der Waals surface area contributed by atoms with E-state index < -0.39 is 0 Å². The zero-order valence-corrected chi connectivity index (χ0v) is 16.6. The molecule has 5 rings (SSSR count). The molecular weight excluding hydrogens is 380 g/mol. The number of pyridine rings is 2. The van der Waals surface area contributed by atoms with E-state index >= 15 is 0 Å². The summed E-state index contributed by atoms with van der Waals surface area (Å²) in [5, 5.41) is 0. The molecule has 1 aromatic carbocycles. The normalized spacial score (nSPS) is 19.6. The molecule has 0 amide bonds. The van der Waals surface area contributed by atoms with Crippen LogP contribution in [0.4, 0.5) is 11.6 Å². The summed E-state index contributed by atoms with van der Waals surface area (Å²) in [6, 6.07) is 14.8. The fraction of sp³-hybridized carbons (Fsp3) is 0.261. The van der Waals surface area contributed by atoms with Crippen LogP contribution in [0.5, 0.6) is 11.5 Å². The van der Waals surface area contributed by atoms with Crippen LogP contribution in [0.1, 0.15) is 34.0 Å². The molecule has 4 heterocycles. The lowest BCUT2D eigenvalue weighted by atomic mass is 9.90. The van der Waals surface area contributed by atoms with Crippen molar-refractivity contribution >= 4 is 17.4 Å². The molecule has 3 aromatic rings. The first-order valence-corrected chi connectivity index (χ1v) is 9.96. The van der Waals surface area contributed by atoms with Gasteiger partial charge in [-0.3, -0.25) is 4.79 Å². The molecule has 7 nitrogen and oxygen atoms in total. The summed E-state index contributed by atoms with van der Waals surface area (Å²) in [7, 11) is 1.67. The lowest BCUT2D eigenvalue weighted by Crippen LogP contribution is -2.42. The van der Waals surface area contributed by atoms with E-state index in [-0.39, 0.29) is 23.6 Å². The van der Waals surface area contributed by atoms with Crippen molar-refractivity contribution in [2.24, 2.45) is 0 Å². The summed E-state index contributed by atoms with van der Waals surface area (Å²) in [5.74, 6) is 2.75. The van der Waals surface area contributed by atoms with Gasteiger partial charge in [0, 0.05) is 37.2 Å². The molecule has 2 aromatic heterocycles. The number of nitrogens with zero attached hydrogens (tertiary/aromatic N) is 3. The van der Waals surface area contributed by atoms with E-state index in [2.05, 4.69) is 20.9 Å². The highest BCUT2D eigenvalue weighted by Gasteiger charge is 2.39. The van der Waals surface area contributed by atoms with E-state index in [0.29, 0.717) is 11.3 Å². The van der Waals surface area contributed by atoms with Gasteiger partial charge in [0.15, 0.2) is 0 Å². The molecule has 30 heavy (non-hydrogen) atoms. The molecule has 2 aliphatic heterocycles. The Labute approximate surface area is 174 Å². The van der Waals surface area contributed by atoms with Gasteiger partial charge >= 0.3 is 0 Å². The number of hydrogen-bond acceptors (Lipinski definition) is 7. The van der Waals surface area contributed by atoms with Gasteiger partial charge in [-0.25, -0.2) is 9.97 Å². The van der Waals surface area contributed by atoms with Crippen molar-refractivity contribution in [3.05, 3.63) is 71.5 Å². The predicted molar refractivity (Wildman–Crippen MR) is 113 cm³/mol. The topological polar surface area (TPSA) is 90.6 Å². The molecule has 0 bridgehead atoms. The summed E-state index contributed by atoms with van der Waals surface area (Å²) >= 11 is 0. The quantitative estimate of drug-likeness (QED) is 0.671. The van der Waals surface area contributed by atoms with Crippen LogP contribution in [-0.2, 0) is 0 Å². The number of fused-ring (bicyclic) bond motifs is 3. The Morgan fingerprint density at radius 2 is 2.13 bits per heavy atom. The minimum Gasteiger partial charge on any atom is -0.497 e. The first-order chi connectivity index (χ1) is 14.6.